The van der Waals surface area contributed by atoms with Crippen LogP contribution in [0.5, 0.6) is 0 Å². The molecule has 1 aliphatic carbocycles. The van der Waals surface area contributed by atoms with E-state index < -0.39 is 5.92 Å². The number of benzene rings is 1. The second kappa shape index (κ2) is 4.84. The lowest BCUT2D eigenvalue weighted by atomic mass is 10.0. The molecule has 1 aromatic rings. The van der Waals surface area contributed by atoms with Crippen molar-refractivity contribution in [2.75, 3.05) is 0 Å². The predicted molar refractivity (Wildman–Crippen MR) is 67.5 cm³/mol. The van der Waals surface area contributed by atoms with Crippen LogP contribution in [-0.4, -0.2) is 16.7 Å². The van der Waals surface area contributed by atoms with Crippen LogP contribution in [0.4, 0.5) is 0 Å². The van der Waals surface area contributed by atoms with Crippen molar-refractivity contribution in [3.05, 3.63) is 40.4 Å². The number of carbonyl (C=O) groups is 2. The summed E-state index contributed by atoms with van der Waals surface area (Å²) < 4.78 is 0.905. The first-order chi connectivity index (χ1) is 8.08. The monoisotopic (exact) mass is 294 g/mol. The van der Waals surface area contributed by atoms with Gasteiger partial charge in [-0.05, 0) is 18.2 Å². The highest BCUT2D eigenvalue weighted by molar-refractivity contribution is 9.10. The summed E-state index contributed by atoms with van der Waals surface area (Å²) in [6.07, 6.45) is 1.92. The third kappa shape index (κ3) is 2.64. The number of halogens is 1. The van der Waals surface area contributed by atoms with Gasteiger partial charge in [0, 0.05) is 22.9 Å². The third-order valence-corrected chi connectivity index (χ3v) is 3.30. The van der Waals surface area contributed by atoms with E-state index in [4.69, 9.17) is 0 Å². The molecule has 0 atom stereocenters. The van der Waals surface area contributed by atoms with Crippen molar-refractivity contribution < 1.29 is 14.7 Å². The summed E-state index contributed by atoms with van der Waals surface area (Å²) in [4.78, 5) is 22.8. The Labute approximate surface area is 107 Å². The molecule has 0 spiro atoms. The van der Waals surface area contributed by atoms with Gasteiger partial charge in [0.25, 0.3) is 0 Å². The van der Waals surface area contributed by atoms with Gasteiger partial charge in [-0.2, -0.15) is 0 Å². The van der Waals surface area contributed by atoms with Crippen LogP contribution in [0.25, 0.3) is 5.76 Å². The molecular weight excluding hydrogens is 284 g/mol. The number of aliphatic hydroxyl groups excluding tert-OH is 1. The number of carbonyl (C=O) groups excluding carboxylic acids is 2. The molecule has 88 valence electrons. The zero-order valence-electron chi connectivity index (χ0n) is 9.02. The van der Waals surface area contributed by atoms with E-state index in [1.54, 1.807) is 24.3 Å². The van der Waals surface area contributed by atoms with Crippen molar-refractivity contribution in [1.29, 1.82) is 0 Å². The fourth-order valence-corrected chi connectivity index (χ4v) is 2.06. The highest BCUT2D eigenvalue weighted by Crippen LogP contribution is 2.23. The molecule has 0 aliphatic heterocycles. The molecule has 0 unspecified atom stereocenters. The smallest absolute Gasteiger partial charge is 0.147 e. The summed E-state index contributed by atoms with van der Waals surface area (Å²) in [5, 5.41) is 9.85. The van der Waals surface area contributed by atoms with Crippen LogP contribution in [0.1, 0.15) is 18.4 Å². The van der Waals surface area contributed by atoms with Crippen LogP contribution in [0.3, 0.4) is 0 Å². The van der Waals surface area contributed by atoms with E-state index in [2.05, 4.69) is 15.9 Å². The minimum Gasteiger partial charge on any atom is -0.508 e. The Bertz CT molecular complexity index is 472. The van der Waals surface area contributed by atoms with Gasteiger partial charge in [0.05, 0.1) is 5.92 Å². The molecule has 0 bridgehead atoms. The first-order valence-electron chi connectivity index (χ1n) is 5.30. The molecule has 1 N–H and O–H groups in total. The molecule has 0 amide bonds. The van der Waals surface area contributed by atoms with Crippen LogP contribution >= 0.6 is 15.9 Å². The van der Waals surface area contributed by atoms with Crippen LogP contribution < -0.4 is 0 Å². The van der Waals surface area contributed by atoms with Gasteiger partial charge in [-0.1, -0.05) is 28.1 Å². The molecule has 17 heavy (non-hydrogen) atoms. The van der Waals surface area contributed by atoms with Crippen molar-refractivity contribution in [3.8, 4) is 0 Å². The van der Waals surface area contributed by atoms with Crippen LogP contribution in [0, 0.1) is 5.92 Å². The van der Waals surface area contributed by atoms with E-state index in [1.807, 2.05) is 0 Å². The van der Waals surface area contributed by atoms with E-state index in [0.29, 0.717) is 5.56 Å². The number of allylic oxidation sites excluding steroid dienone is 1. The normalized spacial score (nSPS) is 17.8. The number of aliphatic hydroxyl groups is 1. The second-order valence-electron chi connectivity index (χ2n) is 3.97. The van der Waals surface area contributed by atoms with Crippen LogP contribution in [-0.2, 0) is 9.59 Å². The molecule has 4 heteroatoms. The maximum atomic E-state index is 11.4. The number of hydrogen-bond donors (Lipinski definition) is 1. The summed E-state index contributed by atoms with van der Waals surface area (Å²) in [6.45, 7) is 0. The Morgan fingerprint density at radius 1 is 1.18 bits per heavy atom. The SMILES string of the molecule is O=C1CCC(=O)C1C=C(O)c1ccc(Br)cc1. The zero-order chi connectivity index (χ0) is 12.4. The van der Waals surface area contributed by atoms with E-state index in [9.17, 15) is 14.7 Å². The Kier molecular flexibility index (Phi) is 3.43. The molecule has 2 rings (SSSR count). The Morgan fingerprint density at radius 3 is 2.24 bits per heavy atom. The van der Waals surface area contributed by atoms with E-state index in [-0.39, 0.29) is 30.2 Å². The number of rotatable bonds is 2. The maximum Gasteiger partial charge on any atom is 0.147 e. The van der Waals surface area contributed by atoms with Gasteiger partial charge in [0.2, 0.25) is 0 Å². The molecule has 1 saturated carbocycles. The molecule has 0 heterocycles. The van der Waals surface area contributed by atoms with Gasteiger partial charge in [0.1, 0.15) is 17.3 Å². The Morgan fingerprint density at radius 2 is 1.71 bits per heavy atom. The molecule has 1 aromatic carbocycles. The van der Waals surface area contributed by atoms with Gasteiger partial charge >= 0.3 is 0 Å². The molecule has 0 saturated heterocycles. The highest BCUT2D eigenvalue weighted by atomic mass is 79.9. The standard InChI is InChI=1S/C13H11BrO3/c14-9-3-1-8(2-4-9)13(17)7-10-11(15)5-6-12(10)16/h1-4,7,10,17H,5-6H2. The summed E-state index contributed by atoms with van der Waals surface area (Å²) in [5.74, 6) is -1.01. The van der Waals surface area contributed by atoms with Gasteiger partial charge in [-0.3, -0.25) is 9.59 Å². The largest absolute Gasteiger partial charge is 0.508 e. The van der Waals surface area contributed by atoms with Gasteiger partial charge in [-0.25, -0.2) is 0 Å². The summed E-state index contributed by atoms with van der Waals surface area (Å²) in [7, 11) is 0. The molecule has 1 aliphatic rings. The number of ketones is 2. The molecule has 0 radical (unpaired) electrons. The van der Waals surface area contributed by atoms with Crippen LogP contribution in [0.2, 0.25) is 0 Å². The van der Waals surface area contributed by atoms with E-state index in [1.165, 1.54) is 6.08 Å². The Hall–Kier alpha value is -1.42. The number of hydrogen-bond acceptors (Lipinski definition) is 3. The van der Waals surface area contributed by atoms with E-state index >= 15 is 0 Å². The predicted octanol–water partition coefficient (Wildman–Crippen LogP) is 2.90. The van der Waals surface area contributed by atoms with Gasteiger partial charge < -0.3 is 5.11 Å². The first-order valence-corrected chi connectivity index (χ1v) is 6.09. The lowest BCUT2D eigenvalue weighted by Gasteiger charge is -2.03. The fourth-order valence-electron chi connectivity index (χ4n) is 1.80. The minimum atomic E-state index is -0.765. The minimum absolute atomic E-state index is 0.0221. The van der Waals surface area contributed by atoms with Crippen LogP contribution in [0.15, 0.2) is 34.8 Å². The summed E-state index contributed by atoms with van der Waals surface area (Å²) in [6, 6.07) is 7.02. The summed E-state index contributed by atoms with van der Waals surface area (Å²) >= 11 is 3.29. The molecular formula is C13H11BrO3. The summed E-state index contributed by atoms with van der Waals surface area (Å²) in [5.41, 5.74) is 0.598. The van der Waals surface area contributed by atoms with Crippen molar-refractivity contribution in [2.24, 2.45) is 5.92 Å². The van der Waals surface area contributed by atoms with Crippen molar-refractivity contribution in [1.82, 2.24) is 0 Å². The van der Waals surface area contributed by atoms with E-state index in [0.717, 1.165) is 4.47 Å². The van der Waals surface area contributed by atoms with Crippen molar-refractivity contribution in [3.63, 3.8) is 0 Å². The van der Waals surface area contributed by atoms with Gasteiger partial charge in [-0.15, -0.1) is 0 Å². The average molecular weight is 295 g/mol. The highest BCUT2D eigenvalue weighted by Gasteiger charge is 2.31. The number of Topliss-reactive ketones (excluding diaryl/α,β-unsaturated/α-hetero) is 2. The van der Waals surface area contributed by atoms with Gasteiger partial charge in [0.15, 0.2) is 0 Å². The quantitative estimate of drug-likeness (QED) is 0.674. The zero-order valence-corrected chi connectivity index (χ0v) is 10.6. The molecule has 3 nitrogen and oxygen atoms in total. The molecule has 1 fully saturated rings. The van der Waals surface area contributed by atoms with Crippen molar-refractivity contribution in [2.45, 2.75) is 12.8 Å². The Balaban J connectivity index is 2.24. The second-order valence-corrected chi connectivity index (χ2v) is 4.88. The van der Waals surface area contributed by atoms with Crippen molar-refractivity contribution >= 4 is 33.3 Å². The average Bonchev–Trinajstić information content (AvgIpc) is 2.61. The maximum absolute atomic E-state index is 11.4. The first kappa shape index (κ1) is 12.0. The third-order valence-electron chi connectivity index (χ3n) is 2.78. The molecule has 0 aromatic heterocycles. The topological polar surface area (TPSA) is 54.4 Å². The lowest BCUT2D eigenvalue weighted by molar-refractivity contribution is -0.125. The lowest BCUT2D eigenvalue weighted by Crippen LogP contribution is -2.11. The fraction of sp³-hybridized carbons (Fsp3) is 0.231.